The van der Waals surface area contributed by atoms with E-state index in [9.17, 15) is 9.59 Å². The molecule has 116 valence electrons. The van der Waals surface area contributed by atoms with E-state index in [1.165, 1.54) is 4.90 Å². The van der Waals surface area contributed by atoms with E-state index < -0.39 is 11.5 Å². The molecule has 0 aromatic heterocycles. The van der Waals surface area contributed by atoms with Crippen molar-refractivity contribution in [3.8, 4) is 0 Å². The molecule has 1 N–H and O–H groups in total. The summed E-state index contributed by atoms with van der Waals surface area (Å²) >= 11 is 0. The van der Waals surface area contributed by atoms with Crippen LogP contribution in [-0.2, 0) is 4.79 Å². The first kappa shape index (κ1) is 16.8. The number of likely N-dealkylation sites (tertiary alicyclic amines) is 1. The minimum atomic E-state index is -0.961. The zero-order valence-electron chi connectivity index (χ0n) is 13.2. The van der Waals surface area contributed by atoms with Gasteiger partial charge in [0, 0.05) is 18.1 Å². The molecule has 1 aliphatic heterocycles. The number of hydrogen-bond donors (Lipinski definition) is 1. The second kappa shape index (κ2) is 6.95. The Bertz CT molecular complexity index is 348. The fraction of sp³-hybridized carbons (Fsp3) is 0.867. The van der Waals surface area contributed by atoms with E-state index in [2.05, 4.69) is 6.92 Å². The molecule has 1 heterocycles. The van der Waals surface area contributed by atoms with Crippen molar-refractivity contribution in [2.24, 2.45) is 0 Å². The standard InChI is InChI=1S/C15H28N2O3/c1-5-8-12-9-6-7-10-16(12)14(20)17(11-13(18)19)15(2,3)4/h12H,5-11H2,1-4H3,(H,18,19). The first-order valence-corrected chi connectivity index (χ1v) is 7.57. The molecule has 1 saturated heterocycles. The maximum Gasteiger partial charge on any atom is 0.323 e. The lowest BCUT2D eigenvalue weighted by atomic mass is 9.98. The summed E-state index contributed by atoms with van der Waals surface area (Å²) < 4.78 is 0. The van der Waals surface area contributed by atoms with Crippen LogP contribution in [0.15, 0.2) is 0 Å². The van der Waals surface area contributed by atoms with Gasteiger partial charge >= 0.3 is 12.0 Å². The Labute approximate surface area is 121 Å². The summed E-state index contributed by atoms with van der Waals surface area (Å²) in [5.74, 6) is -0.961. The van der Waals surface area contributed by atoms with E-state index in [1.54, 1.807) is 0 Å². The molecule has 0 aliphatic carbocycles. The Morgan fingerprint density at radius 1 is 1.30 bits per heavy atom. The molecule has 5 nitrogen and oxygen atoms in total. The topological polar surface area (TPSA) is 60.9 Å². The highest BCUT2D eigenvalue weighted by atomic mass is 16.4. The largest absolute Gasteiger partial charge is 0.480 e. The van der Waals surface area contributed by atoms with Gasteiger partial charge in [0.05, 0.1) is 0 Å². The van der Waals surface area contributed by atoms with Gasteiger partial charge in [-0.1, -0.05) is 13.3 Å². The zero-order valence-corrected chi connectivity index (χ0v) is 13.2. The first-order valence-electron chi connectivity index (χ1n) is 7.57. The molecule has 0 aromatic carbocycles. The molecule has 5 heteroatoms. The van der Waals surface area contributed by atoms with Gasteiger partial charge in [0.2, 0.25) is 0 Å². The Morgan fingerprint density at radius 2 is 1.95 bits per heavy atom. The summed E-state index contributed by atoms with van der Waals surface area (Å²) in [6.07, 6.45) is 5.24. The van der Waals surface area contributed by atoms with Crippen LogP contribution in [0.2, 0.25) is 0 Å². The van der Waals surface area contributed by atoms with Crippen LogP contribution < -0.4 is 0 Å². The Balaban J connectivity index is 2.88. The highest BCUT2D eigenvalue weighted by Gasteiger charge is 2.35. The van der Waals surface area contributed by atoms with E-state index in [0.29, 0.717) is 0 Å². The number of piperidine rings is 1. The molecule has 0 radical (unpaired) electrons. The molecule has 0 bridgehead atoms. The summed E-state index contributed by atoms with van der Waals surface area (Å²) in [5, 5.41) is 9.05. The number of carbonyl (C=O) groups is 2. The summed E-state index contributed by atoms with van der Waals surface area (Å²) in [4.78, 5) is 27.2. The number of nitrogens with zero attached hydrogens (tertiary/aromatic N) is 2. The molecular weight excluding hydrogens is 256 g/mol. The minimum absolute atomic E-state index is 0.127. The number of carbonyl (C=O) groups excluding carboxylic acids is 1. The van der Waals surface area contributed by atoms with Crippen molar-refractivity contribution in [2.45, 2.75) is 71.4 Å². The Morgan fingerprint density at radius 3 is 2.45 bits per heavy atom. The maximum absolute atomic E-state index is 12.8. The fourth-order valence-electron chi connectivity index (χ4n) is 2.77. The third-order valence-corrected chi connectivity index (χ3v) is 3.83. The van der Waals surface area contributed by atoms with Crippen LogP contribution in [0.4, 0.5) is 4.79 Å². The van der Waals surface area contributed by atoms with E-state index in [1.807, 2.05) is 25.7 Å². The molecule has 1 atom stereocenters. The predicted molar refractivity (Wildman–Crippen MR) is 78.7 cm³/mol. The van der Waals surface area contributed by atoms with Crippen LogP contribution in [-0.4, -0.2) is 51.6 Å². The summed E-state index contributed by atoms with van der Waals surface area (Å²) in [6, 6.07) is 0.137. The molecule has 0 saturated carbocycles. The van der Waals surface area contributed by atoms with Crippen LogP contribution in [0, 0.1) is 0 Å². The van der Waals surface area contributed by atoms with Crippen LogP contribution in [0.5, 0.6) is 0 Å². The number of carboxylic acids is 1. The van der Waals surface area contributed by atoms with E-state index >= 15 is 0 Å². The Hall–Kier alpha value is -1.26. The van der Waals surface area contributed by atoms with Gasteiger partial charge < -0.3 is 14.9 Å². The Kier molecular flexibility index (Phi) is 5.84. The monoisotopic (exact) mass is 284 g/mol. The molecule has 1 unspecified atom stereocenters. The van der Waals surface area contributed by atoms with E-state index in [4.69, 9.17) is 5.11 Å². The van der Waals surface area contributed by atoms with Crippen LogP contribution in [0.3, 0.4) is 0 Å². The van der Waals surface area contributed by atoms with Gasteiger partial charge in [-0.15, -0.1) is 0 Å². The quantitative estimate of drug-likeness (QED) is 0.863. The van der Waals surface area contributed by atoms with Crippen LogP contribution in [0.1, 0.15) is 59.8 Å². The number of carboxylic acid groups (broad SMARTS) is 1. The molecular formula is C15H28N2O3. The highest BCUT2D eigenvalue weighted by molar-refractivity contribution is 5.81. The van der Waals surface area contributed by atoms with Gasteiger partial charge in [0.15, 0.2) is 0 Å². The number of rotatable bonds is 4. The van der Waals surface area contributed by atoms with Gasteiger partial charge in [-0.05, 0) is 46.5 Å². The van der Waals surface area contributed by atoms with Gasteiger partial charge in [-0.25, -0.2) is 4.79 Å². The van der Waals surface area contributed by atoms with Gasteiger partial charge in [0.1, 0.15) is 6.54 Å². The smallest absolute Gasteiger partial charge is 0.323 e. The van der Waals surface area contributed by atoms with Crippen LogP contribution in [0.25, 0.3) is 0 Å². The normalized spacial score (nSPS) is 19.8. The molecule has 2 amide bonds. The van der Waals surface area contributed by atoms with Crippen molar-refractivity contribution < 1.29 is 14.7 Å². The number of aliphatic carboxylic acids is 1. The predicted octanol–water partition coefficient (Wildman–Crippen LogP) is 2.95. The number of amides is 2. The second-order valence-corrected chi connectivity index (χ2v) is 6.56. The highest BCUT2D eigenvalue weighted by Crippen LogP contribution is 2.24. The lowest BCUT2D eigenvalue weighted by molar-refractivity contribution is -0.138. The summed E-state index contributed by atoms with van der Waals surface area (Å²) in [7, 11) is 0. The minimum Gasteiger partial charge on any atom is -0.480 e. The zero-order chi connectivity index (χ0) is 15.3. The van der Waals surface area contributed by atoms with Crippen LogP contribution >= 0.6 is 0 Å². The van der Waals surface area contributed by atoms with Crippen molar-refractivity contribution >= 4 is 12.0 Å². The summed E-state index contributed by atoms with van der Waals surface area (Å²) in [5.41, 5.74) is -0.482. The van der Waals surface area contributed by atoms with Crippen molar-refractivity contribution in [2.75, 3.05) is 13.1 Å². The van der Waals surface area contributed by atoms with E-state index in [-0.39, 0.29) is 18.6 Å². The lowest BCUT2D eigenvalue weighted by Crippen LogP contribution is -2.57. The van der Waals surface area contributed by atoms with Gasteiger partial charge in [-0.3, -0.25) is 4.79 Å². The third kappa shape index (κ3) is 4.39. The molecule has 20 heavy (non-hydrogen) atoms. The first-order chi connectivity index (χ1) is 9.27. The average Bonchev–Trinajstić information content (AvgIpc) is 2.35. The molecule has 0 spiro atoms. The van der Waals surface area contributed by atoms with Crippen molar-refractivity contribution in [3.63, 3.8) is 0 Å². The summed E-state index contributed by atoms with van der Waals surface area (Å²) in [6.45, 7) is 8.27. The van der Waals surface area contributed by atoms with Gasteiger partial charge in [-0.2, -0.15) is 0 Å². The van der Waals surface area contributed by atoms with Crippen molar-refractivity contribution in [3.05, 3.63) is 0 Å². The van der Waals surface area contributed by atoms with Crippen molar-refractivity contribution in [1.29, 1.82) is 0 Å². The molecule has 0 aromatic rings. The fourth-order valence-corrected chi connectivity index (χ4v) is 2.77. The average molecular weight is 284 g/mol. The SMILES string of the molecule is CCCC1CCCCN1C(=O)N(CC(=O)O)C(C)(C)C. The molecule has 1 rings (SSSR count). The lowest BCUT2D eigenvalue weighted by Gasteiger charge is -2.43. The van der Waals surface area contributed by atoms with Gasteiger partial charge in [0.25, 0.3) is 0 Å². The third-order valence-electron chi connectivity index (χ3n) is 3.83. The maximum atomic E-state index is 12.8. The molecule has 1 aliphatic rings. The van der Waals surface area contributed by atoms with E-state index in [0.717, 1.165) is 38.6 Å². The second-order valence-electron chi connectivity index (χ2n) is 6.56. The van der Waals surface area contributed by atoms with Crippen molar-refractivity contribution in [1.82, 2.24) is 9.80 Å². The number of urea groups is 1. The number of hydrogen-bond acceptors (Lipinski definition) is 2. The molecule has 1 fully saturated rings.